The molecule has 0 aliphatic carbocycles. The standard InChI is InChI=1S/C26H27ClN6O3S.H2/c1-19-17-32(22-3-5-23(6-4-22)37(35,36)30-25-8-11-28-18-29-25)14-15-33(19)26(34)10-13-31-12-9-20-16-21(27)2-7-24(20)31;/h2-9,11-12,16,18-19H,10,13-15,17H2,1H3,(H,28,29,30);1H/t19-;/m0./s1. The molecule has 1 amide bonds. The highest BCUT2D eigenvalue weighted by atomic mass is 35.5. The number of sulfonamides is 1. The fourth-order valence-corrected chi connectivity index (χ4v) is 5.86. The first-order chi connectivity index (χ1) is 17.8. The molecule has 194 valence electrons. The molecule has 4 aromatic rings. The van der Waals surface area contributed by atoms with E-state index in [4.69, 9.17) is 11.6 Å². The minimum atomic E-state index is -3.75. The highest BCUT2D eigenvalue weighted by molar-refractivity contribution is 7.92. The van der Waals surface area contributed by atoms with E-state index < -0.39 is 10.0 Å². The molecule has 1 aliphatic rings. The number of aromatic nitrogens is 3. The number of hydrogen-bond donors (Lipinski definition) is 1. The first-order valence-corrected chi connectivity index (χ1v) is 13.8. The van der Waals surface area contributed by atoms with Crippen LogP contribution in [-0.4, -0.2) is 59.4 Å². The number of fused-ring (bicyclic) bond motifs is 1. The molecule has 0 bridgehead atoms. The summed E-state index contributed by atoms with van der Waals surface area (Å²) in [4.78, 5) is 25.0. The van der Waals surface area contributed by atoms with Gasteiger partial charge in [-0.1, -0.05) is 11.6 Å². The van der Waals surface area contributed by atoms with E-state index in [1.165, 1.54) is 18.6 Å². The fraction of sp³-hybridized carbons (Fsp3) is 0.269. The lowest BCUT2D eigenvalue weighted by Gasteiger charge is -2.41. The Kier molecular flexibility index (Phi) is 7.03. The van der Waals surface area contributed by atoms with Gasteiger partial charge in [-0.3, -0.25) is 9.52 Å². The number of benzene rings is 2. The predicted molar refractivity (Wildman–Crippen MR) is 146 cm³/mol. The number of hydrogen-bond acceptors (Lipinski definition) is 6. The van der Waals surface area contributed by atoms with Gasteiger partial charge in [0.25, 0.3) is 10.0 Å². The number of aryl methyl sites for hydroxylation is 1. The van der Waals surface area contributed by atoms with Crippen molar-refractivity contribution in [3.63, 3.8) is 0 Å². The van der Waals surface area contributed by atoms with Crippen LogP contribution in [0.4, 0.5) is 11.5 Å². The van der Waals surface area contributed by atoms with Gasteiger partial charge >= 0.3 is 0 Å². The largest absolute Gasteiger partial charge is 0.368 e. The van der Waals surface area contributed by atoms with Crippen LogP contribution in [0.15, 0.2) is 78.2 Å². The summed E-state index contributed by atoms with van der Waals surface area (Å²) in [6, 6.07) is 16.0. The van der Waals surface area contributed by atoms with Crippen molar-refractivity contribution in [3.05, 3.63) is 78.3 Å². The van der Waals surface area contributed by atoms with E-state index in [1.54, 1.807) is 24.3 Å². The van der Waals surface area contributed by atoms with Gasteiger partial charge in [0.1, 0.15) is 12.1 Å². The van der Waals surface area contributed by atoms with Gasteiger partial charge in [-0.2, -0.15) is 0 Å². The van der Waals surface area contributed by atoms with Crippen molar-refractivity contribution in [1.82, 2.24) is 19.4 Å². The highest BCUT2D eigenvalue weighted by Crippen LogP contribution is 2.24. The average molecular weight is 541 g/mol. The minimum Gasteiger partial charge on any atom is -0.368 e. The second-order valence-electron chi connectivity index (χ2n) is 9.04. The van der Waals surface area contributed by atoms with E-state index in [0.717, 1.165) is 16.6 Å². The van der Waals surface area contributed by atoms with Crippen molar-refractivity contribution < 1.29 is 14.6 Å². The highest BCUT2D eigenvalue weighted by Gasteiger charge is 2.27. The van der Waals surface area contributed by atoms with Crippen molar-refractivity contribution >= 4 is 49.9 Å². The molecule has 0 spiro atoms. The molecule has 3 heterocycles. The van der Waals surface area contributed by atoms with Crippen molar-refractivity contribution in [1.29, 1.82) is 0 Å². The van der Waals surface area contributed by atoms with Crippen LogP contribution < -0.4 is 9.62 Å². The number of nitrogens with zero attached hydrogens (tertiary/aromatic N) is 5. The summed E-state index contributed by atoms with van der Waals surface area (Å²) in [6.07, 6.45) is 5.16. The first kappa shape index (κ1) is 25.0. The molecule has 1 fully saturated rings. The minimum absolute atomic E-state index is 0. The molecule has 11 heteroatoms. The van der Waals surface area contributed by atoms with Gasteiger partial charge in [-0.15, -0.1) is 0 Å². The van der Waals surface area contributed by atoms with Crippen LogP contribution in [0.3, 0.4) is 0 Å². The number of carbonyl (C=O) groups is 1. The third-order valence-electron chi connectivity index (χ3n) is 6.58. The van der Waals surface area contributed by atoms with Crippen LogP contribution in [0.5, 0.6) is 0 Å². The van der Waals surface area contributed by atoms with E-state index in [9.17, 15) is 13.2 Å². The van der Waals surface area contributed by atoms with Crippen LogP contribution in [0.25, 0.3) is 10.9 Å². The Morgan fingerprint density at radius 2 is 1.95 bits per heavy atom. The maximum absolute atomic E-state index is 13.0. The quantitative estimate of drug-likeness (QED) is 0.376. The maximum atomic E-state index is 13.0. The molecule has 1 aliphatic heterocycles. The van der Waals surface area contributed by atoms with E-state index in [0.29, 0.717) is 37.6 Å². The van der Waals surface area contributed by atoms with Crippen molar-refractivity contribution in [2.45, 2.75) is 30.8 Å². The molecule has 0 unspecified atom stereocenters. The second kappa shape index (κ2) is 10.4. The summed E-state index contributed by atoms with van der Waals surface area (Å²) in [7, 11) is -3.75. The topological polar surface area (TPSA) is 100 Å². The normalized spacial score (nSPS) is 16.2. The van der Waals surface area contributed by atoms with Gasteiger partial charge in [0, 0.05) is 74.1 Å². The van der Waals surface area contributed by atoms with Gasteiger partial charge in [0.2, 0.25) is 5.91 Å². The molecule has 2 aromatic heterocycles. The molecule has 0 radical (unpaired) electrons. The third kappa shape index (κ3) is 5.55. The van der Waals surface area contributed by atoms with Crippen LogP contribution in [0, 0.1) is 0 Å². The Morgan fingerprint density at radius 1 is 1.14 bits per heavy atom. The second-order valence-corrected chi connectivity index (χ2v) is 11.2. The lowest BCUT2D eigenvalue weighted by atomic mass is 10.1. The molecule has 9 nitrogen and oxygen atoms in total. The summed E-state index contributed by atoms with van der Waals surface area (Å²) in [5, 5.41) is 1.76. The number of carbonyl (C=O) groups excluding carboxylic acids is 1. The molecule has 1 atom stereocenters. The molecular formula is C26H29ClN6O3S. The molecular weight excluding hydrogens is 512 g/mol. The number of nitrogens with one attached hydrogen (secondary N) is 1. The summed E-state index contributed by atoms with van der Waals surface area (Å²) in [5.74, 6) is 0.336. The molecule has 1 N–H and O–H groups in total. The summed E-state index contributed by atoms with van der Waals surface area (Å²) in [5.41, 5.74) is 1.98. The van der Waals surface area contributed by atoms with Gasteiger partial charge in [-0.05, 0) is 61.5 Å². The van der Waals surface area contributed by atoms with E-state index in [-0.39, 0.29) is 24.1 Å². The Bertz CT molecular complexity index is 1520. The molecule has 5 rings (SSSR count). The van der Waals surface area contributed by atoms with Crippen molar-refractivity contribution in [2.24, 2.45) is 0 Å². The predicted octanol–water partition coefficient (Wildman–Crippen LogP) is 4.26. The van der Waals surface area contributed by atoms with Gasteiger partial charge in [0.15, 0.2) is 0 Å². The van der Waals surface area contributed by atoms with Crippen LogP contribution in [0.2, 0.25) is 5.02 Å². The molecule has 0 saturated carbocycles. The maximum Gasteiger partial charge on any atom is 0.263 e. The van der Waals surface area contributed by atoms with E-state index >= 15 is 0 Å². The number of rotatable bonds is 7. The summed E-state index contributed by atoms with van der Waals surface area (Å²) < 4.78 is 29.8. The first-order valence-electron chi connectivity index (χ1n) is 12.0. The molecule has 37 heavy (non-hydrogen) atoms. The lowest BCUT2D eigenvalue weighted by molar-refractivity contribution is -0.133. The number of piperazine rings is 1. The molecule has 2 aromatic carbocycles. The molecule has 1 saturated heterocycles. The Balaban J connectivity index is 0.00000336. The monoisotopic (exact) mass is 540 g/mol. The van der Waals surface area contributed by atoms with Crippen LogP contribution in [0.1, 0.15) is 14.8 Å². The Labute approximate surface area is 222 Å². The summed E-state index contributed by atoms with van der Waals surface area (Å²) in [6.45, 7) is 4.60. The zero-order valence-electron chi connectivity index (χ0n) is 20.3. The smallest absolute Gasteiger partial charge is 0.263 e. The van der Waals surface area contributed by atoms with Crippen molar-refractivity contribution in [2.75, 3.05) is 29.3 Å². The van der Waals surface area contributed by atoms with Crippen molar-refractivity contribution in [3.8, 4) is 0 Å². The SMILES string of the molecule is C[C@H]1CN(c2ccc(S(=O)(=O)Nc3ccncn3)cc2)CCN1C(=O)CCn1ccc2cc(Cl)ccc21.[HH]. The van der Waals surface area contributed by atoms with Gasteiger partial charge < -0.3 is 14.4 Å². The van der Waals surface area contributed by atoms with Gasteiger partial charge in [0.05, 0.1) is 4.90 Å². The van der Waals surface area contributed by atoms with E-state index in [2.05, 4.69) is 24.2 Å². The van der Waals surface area contributed by atoms with E-state index in [1.807, 2.05) is 42.3 Å². The van der Waals surface area contributed by atoms with Crippen LogP contribution in [-0.2, 0) is 21.4 Å². The Hall–Kier alpha value is -3.63. The average Bonchev–Trinajstić information content (AvgIpc) is 3.29. The number of amides is 1. The van der Waals surface area contributed by atoms with Crippen LogP contribution >= 0.6 is 11.6 Å². The number of anilines is 2. The zero-order valence-corrected chi connectivity index (χ0v) is 21.9. The fourth-order valence-electron chi connectivity index (χ4n) is 4.67. The van der Waals surface area contributed by atoms with Gasteiger partial charge in [-0.25, -0.2) is 18.4 Å². The Morgan fingerprint density at radius 3 is 2.68 bits per heavy atom. The third-order valence-corrected chi connectivity index (χ3v) is 8.19. The summed E-state index contributed by atoms with van der Waals surface area (Å²) >= 11 is 6.08. The lowest BCUT2D eigenvalue weighted by Crippen LogP contribution is -2.54. The number of halogens is 1. The zero-order chi connectivity index (χ0) is 26.0.